The fourth-order valence-corrected chi connectivity index (χ4v) is 2.17. The van der Waals surface area contributed by atoms with Gasteiger partial charge >= 0.3 is 0 Å². The molecule has 0 saturated carbocycles. The van der Waals surface area contributed by atoms with E-state index in [-0.39, 0.29) is 6.04 Å². The Morgan fingerprint density at radius 2 is 2.06 bits per heavy atom. The predicted octanol–water partition coefficient (Wildman–Crippen LogP) is 3.35. The molecule has 0 spiro atoms. The Balaban J connectivity index is 2.69. The summed E-state index contributed by atoms with van der Waals surface area (Å²) in [5.74, 6) is 0.328. The second-order valence-electron chi connectivity index (χ2n) is 4.78. The summed E-state index contributed by atoms with van der Waals surface area (Å²) in [7, 11) is 0. The predicted molar refractivity (Wildman–Crippen MR) is 76.2 cm³/mol. The molecule has 0 aliphatic rings. The van der Waals surface area contributed by atoms with Crippen molar-refractivity contribution < 1.29 is 5.11 Å². The fourth-order valence-electron chi connectivity index (χ4n) is 1.92. The highest BCUT2D eigenvalue weighted by Crippen LogP contribution is 2.26. The monoisotopic (exact) mass is 299 g/mol. The molecule has 2 nitrogen and oxygen atoms in total. The summed E-state index contributed by atoms with van der Waals surface area (Å²) in [6, 6.07) is 6.21. The standard InChI is InChI=1S/C14H22BrNO/c1-4-13(16)14(17)8-9(2)11-5-6-12(15)10(3)7-11/h5-7,9,13-14,17H,4,8,16H2,1-3H3. The minimum absolute atomic E-state index is 0.117. The topological polar surface area (TPSA) is 46.2 Å². The van der Waals surface area contributed by atoms with Gasteiger partial charge in [-0.15, -0.1) is 0 Å². The summed E-state index contributed by atoms with van der Waals surface area (Å²) in [6.07, 6.45) is 1.11. The van der Waals surface area contributed by atoms with Crippen LogP contribution in [-0.4, -0.2) is 17.3 Å². The highest BCUT2D eigenvalue weighted by molar-refractivity contribution is 9.10. The maximum Gasteiger partial charge on any atom is 0.0696 e. The quantitative estimate of drug-likeness (QED) is 0.876. The molecule has 0 aliphatic heterocycles. The van der Waals surface area contributed by atoms with Crippen LogP contribution >= 0.6 is 15.9 Å². The third kappa shape index (κ3) is 4.09. The molecule has 1 aromatic rings. The molecule has 1 aromatic carbocycles. The molecule has 96 valence electrons. The fraction of sp³-hybridized carbons (Fsp3) is 0.571. The van der Waals surface area contributed by atoms with Crippen LogP contribution in [0.15, 0.2) is 22.7 Å². The van der Waals surface area contributed by atoms with Crippen molar-refractivity contribution in [3.05, 3.63) is 33.8 Å². The largest absolute Gasteiger partial charge is 0.391 e. The Bertz CT molecular complexity index is 367. The number of aliphatic hydroxyl groups is 1. The highest BCUT2D eigenvalue weighted by atomic mass is 79.9. The molecule has 0 saturated heterocycles. The number of rotatable bonds is 5. The van der Waals surface area contributed by atoms with Crippen LogP contribution < -0.4 is 5.73 Å². The molecule has 17 heavy (non-hydrogen) atoms. The summed E-state index contributed by atoms with van der Waals surface area (Å²) in [6.45, 7) is 6.21. The van der Waals surface area contributed by atoms with Crippen LogP contribution in [0.4, 0.5) is 0 Å². The van der Waals surface area contributed by atoms with E-state index < -0.39 is 6.10 Å². The van der Waals surface area contributed by atoms with Gasteiger partial charge in [-0.1, -0.05) is 41.9 Å². The molecule has 0 heterocycles. The number of nitrogens with two attached hydrogens (primary N) is 1. The molecule has 3 unspecified atom stereocenters. The van der Waals surface area contributed by atoms with Gasteiger partial charge in [0.05, 0.1) is 6.10 Å². The first kappa shape index (κ1) is 14.7. The lowest BCUT2D eigenvalue weighted by Gasteiger charge is -2.21. The molecule has 3 heteroatoms. The van der Waals surface area contributed by atoms with Crippen molar-refractivity contribution in [3.8, 4) is 0 Å². The van der Waals surface area contributed by atoms with Crippen molar-refractivity contribution in [1.29, 1.82) is 0 Å². The SMILES string of the molecule is CCC(N)C(O)CC(C)c1ccc(Br)c(C)c1. The van der Waals surface area contributed by atoms with Gasteiger partial charge in [0.15, 0.2) is 0 Å². The van der Waals surface area contributed by atoms with Gasteiger partial charge in [-0.2, -0.15) is 0 Å². The lowest BCUT2D eigenvalue weighted by atomic mass is 9.91. The van der Waals surface area contributed by atoms with Crippen molar-refractivity contribution >= 4 is 15.9 Å². The smallest absolute Gasteiger partial charge is 0.0696 e. The van der Waals surface area contributed by atoms with Crippen molar-refractivity contribution in [1.82, 2.24) is 0 Å². The summed E-state index contributed by atoms with van der Waals surface area (Å²) < 4.78 is 1.12. The van der Waals surface area contributed by atoms with Crippen molar-refractivity contribution in [3.63, 3.8) is 0 Å². The Morgan fingerprint density at radius 1 is 1.41 bits per heavy atom. The molecule has 0 radical (unpaired) electrons. The van der Waals surface area contributed by atoms with E-state index in [1.807, 2.05) is 6.92 Å². The minimum atomic E-state index is -0.418. The van der Waals surface area contributed by atoms with E-state index in [2.05, 4.69) is 48.0 Å². The molecular weight excluding hydrogens is 278 g/mol. The van der Waals surface area contributed by atoms with E-state index in [0.717, 1.165) is 17.3 Å². The lowest BCUT2D eigenvalue weighted by Crippen LogP contribution is -2.34. The van der Waals surface area contributed by atoms with Crippen molar-refractivity contribution in [2.24, 2.45) is 5.73 Å². The maximum atomic E-state index is 9.94. The maximum absolute atomic E-state index is 9.94. The van der Waals surface area contributed by atoms with Gasteiger partial charge in [0.2, 0.25) is 0 Å². The molecule has 0 amide bonds. The van der Waals surface area contributed by atoms with Crippen LogP contribution in [0.3, 0.4) is 0 Å². The van der Waals surface area contributed by atoms with E-state index in [9.17, 15) is 5.11 Å². The molecule has 1 rings (SSSR count). The molecule has 3 N–H and O–H groups in total. The third-order valence-corrected chi connectivity index (χ3v) is 4.20. The summed E-state index contributed by atoms with van der Waals surface area (Å²) >= 11 is 3.49. The van der Waals surface area contributed by atoms with Gasteiger partial charge in [0.1, 0.15) is 0 Å². The normalized spacial score (nSPS) is 16.6. The summed E-state index contributed by atoms with van der Waals surface area (Å²) in [5, 5.41) is 9.94. The van der Waals surface area contributed by atoms with Gasteiger partial charge in [0.25, 0.3) is 0 Å². The molecular formula is C14H22BrNO. The molecule has 0 aromatic heterocycles. The minimum Gasteiger partial charge on any atom is -0.391 e. The molecule has 0 bridgehead atoms. The summed E-state index contributed by atoms with van der Waals surface area (Å²) in [4.78, 5) is 0. The Hall–Kier alpha value is -0.380. The average Bonchev–Trinajstić information content (AvgIpc) is 2.31. The van der Waals surface area contributed by atoms with E-state index >= 15 is 0 Å². The molecule has 0 aliphatic carbocycles. The first-order valence-electron chi connectivity index (χ1n) is 6.15. The number of benzene rings is 1. The first-order chi connectivity index (χ1) is 7.95. The first-order valence-corrected chi connectivity index (χ1v) is 6.94. The van der Waals surface area contributed by atoms with Crippen LogP contribution in [0.1, 0.15) is 43.7 Å². The van der Waals surface area contributed by atoms with Crippen LogP contribution in [0.25, 0.3) is 0 Å². The zero-order valence-electron chi connectivity index (χ0n) is 10.8. The Morgan fingerprint density at radius 3 is 2.59 bits per heavy atom. The van der Waals surface area contributed by atoms with Crippen molar-refractivity contribution in [2.75, 3.05) is 0 Å². The zero-order chi connectivity index (χ0) is 13.0. The van der Waals surface area contributed by atoms with E-state index in [1.165, 1.54) is 11.1 Å². The van der Waals surface area contributed by atoms with Crippen molar-refractivity contribution in [2.45, 2.75) is 51.7 Å². The second-order valence-corrected chi connectivity index (χ2v) is 5.64. The molecule has 3 atom stereocenters. The van der Waals surface area contributed by atoms with E-state index in [4.69, 9.17) is 5.73 Å². The number of hydrogen-bond acceptors (Lipinski definition) is 2. The number of aliphatic hydroxyl groups excluding tert-OH is 1. The van der Waals surface area contributed by atoms with Crippen LogP contribution in [0, 0.1) is 6.92 Å². The highest BCUT2D eigenvalue weighted by Gasteiger charge is 2.17. The number of hydrogen-bond donors (Lipinski definition) is 2. The van der Waals surface area contributed by atoms with E-state index in [1.54, 1.807) is 0 Å². The average molecular weight is 300 g/mol. The lowest BCUT2D eigenvalue weighted by molar-refractivity contribution is 0.126. The second kappa shape index (κ2) is 6.53. The Labute approximate surface area is 112 Å². The van der Waals surface area contributed by atoms with Gasteiger partial charge in [-0.3, -0.25) is 0 Å². The van der Waals surface area contributed by atoms with Crippen LogP contribution in [-0.2, 0) is 0 Å². The Kier molecular flexibility index (Phi) is 5.63. The number of halogens is 1. The van der Waals surface area contributed by atoms with Gasteiger partial charge < -0.3 is 10.8 Å². The summed E-state index contributed by atoms with van der Waals surface area (Å²) in [5.41, 5.74) is 8.32. The number of aryl methyl sites for hydroxylation is 1. The third-order valence-electron chi connectivity index (χ3n) is 3.31. The van der Waals surface area contributed by atoms with Crippen LogP contribution in [0.5, 0.6) is 0 Å². The molecule has 0 fully saturated rings. The van der Waals surface area contributed by atoms with E-state index in [0.29, 0.717) is 5.92 Å². The van der Waals surface area contributed by atoms with Gasteiger partial charge in [0, 0.05) is 10.5 Å². The van der Waals surface area contributed by atoms with Crippen LogP contribution in [0.2, 0.25) is 0 Å². The van der Waals surface area contributed by atoms with Gasteiger partial charge in [-0.05, 0) is 42.9 Å². The zero-order valence-corrected chi connectivity index (χ0v) is 12.4. The van der Waals surface area contributed by atoms with Gasteiger partial charge in [-0.25, -0.2) is 0 Å².